The van der Waals surface area contributed by atoms with Crippen molar-refractivity contribution in [1.29, 1.82) is 0 Å². The van der Waals surface area contributed by atoms with E-state index in [0.29, 0.717) is 11.1 Å². The standard InChI is InChI=1S/C49H50O10S/c1-4-30-52-42-40(53-31-35-20-10-5-11-21-35)33(2)55-48(44(42)57-46(50)37-24-14-7-15-25-37)59-43-41(54-32-36-22-12-6-13-23-36)34(3)56-49(60-39-28-18-9-19-29-39)45(43)58-47(51)38-26-16-8-17-27-38/h4-29,33-34,40-45,48-49H,1,30-32H2,2-3H3/t33-,34-,40-,41-,42+,43+,44-,45-,48+,49+/m1/s1. The zero-order valence-corrected chi connectivity index (χ0v) is 34.4. The highest BCUT2D eigenvalue weighted by atomic mass is 32.2. The smallest absolute Gasteiger partial charge is 0.338 e. The molecule has 7 rings (SSSR count). The van der Waals surface area contributed by atoms with Gasteiger partial charge in [0.2, 0.25) is 0 Å². The summed E-state index contributed by atoms with van der Waals surface area (Å²) in [5.41, 5.74) is 1.81. The largest absolute Gasteiger partial charge is 0.452 e. The predicted octanol–water partition coefficient (Wildman–Crippen LogP) is 8.85. The summed E-state index contributed by atoms with van der Waals surface area (Å²) < 4.78 is 53.0. The van der Waals surface area contributed by atoms with E-state index in [0.717, 1.165) is 16.0 Å². The van der Waals surface area contributed by atoms with Gasteiger partial charge in [0, 0.05) is 4.90 Å². The molecule has 0 unspecified atom stereocenters. The van der Waals surface area contributed by atoms with Crippen LogP contribution < -0.4 is 0 Å². The minimum Gasteiger partial charge on any atom is -0.452 e. The third-order valence-corrected chi connectivity index (χ3v) is 11.4. The Balaban J connectivity index is 1.28. The molecule has 60 heavy (non-hydrogen) atoms. The van der Waals surface area contributed by atoms with Crippen molar-refractivity contribution in [3.63, 3.8) is 0 Å². The van der Waals surface area contributed by atoms with E-state index in [1.165, 1.54) is 11.8 Å². The lowest BCUT2D eigenvalue weighted by Crippen LogP contribution is -2.65. The monoisotopic (exact) mass is 830 g/mol. The van der Waals surface area contributed by atoms with Gasteiger partial charge in [-0.15, -0.1) is 6.58 Å². The van der Waals surface area contributed by atoms with Crippen molar-refractivity contribution in [3.8, 4) is 0 Å². The molecule has 2 aliphatic rings. The number of hydrogen-bond donors (Lipinski definition) is 0. The quantitative estimate of drug-likeness (QED) is 0.0663. The number of benzene rings is 5. The zero-order valence-electron chi connectivity index (χ0n) is 33.6. The molecule has 5 aromatic rings. The summed E-state index contributed by atoms with van der Waals surface area (Å²) in [5.74, 6) is -1.18. The molecule has 0 amide bonds. The molecule has 10 atom stereocenters. The molecular weight excluding hydrogens is 781 g/mol. The van der Waals surface area contributed by atoms with Crippen LogP contribution in [0, 0.1) is 0 Å². The average Bonchev–Trinajstić information content (AvgIpc) is 3.28. The van der Waals surface area contributed by atoms with Crippen LogP contribution >= 0.6 is 11.8 Å². The van der Waals surface area contributed by atoms with Gasteiger partial charge < -0.3 is 37.9 Å². The van der Waals surface area contributed by atoms with Crippen LogP contribution in [0.25, 0.3) is 0 Å². The van der Waals surface area contributed by atoms with Crippen LogP contribution in [0.15, 0.2) is 169 Å². The van der Waals surface area contributed by atoms with Crippen LogP contribution in [0.5, 0.6) is 0 Å². The SMILES string of the molecule is C=CCO[C@@H]1[C@@H](OC(=O)c2ccccc2)[C@H](O[C@@H]2[C@@H](OC(=O)c3ccccc3)[C@H](Sc3ccccc3)O[C@H](C)[C@H]2OCc2ccccc2)O[C@H](C)[C@H]1OCc1ccccc1. The van der Waals surface area contributed by atoms with Crippen LogP contribution in [0.3, 0.4) is 0 Å². The van der Waals surface area contributed by atoms with E-state index in [4.69, 9.17) is 37.9 Å². The van der Waals surface area contributed by atoms with Crippen molar-refractivity contribution in [2.45, 2.75) is 92.5 Å². The van der Waals surface area contributed by atoms with Crippen LogP contribution in [-0.2, 0) is 51.1 Å². The Morgan fingerprint density at radius 1 is 0.550 bits per heavy atom. The molecule has 0 aliphatic carbocycles. The molecule has 312 valence electrons. The molecule has 2 fully saturated rings. The molecule has 2 saturated heterocycles. The van der Waals surface area contributed by atoms with Crippen LogP contribution in [0.4, 0.5) is 0 Å². The fraction of sp³-hybridized carbons (Fsp3) is 0.306. The third-order valence-electron chi connectivity index (χ3n) is 10.2. The Kier molecular flexibility index (Phi) is 15.3. The van der Waals surface area contributed by atoms with Crippen LogP contribution in [-0.4, -0.2) is 79.1 Å². The van der Waals surface area contributed by atoms with E-state index in [-0.39, 0.29) is 19.8 Å². The second-order valence-electron chi connectivity index (χ2n) is 14.5. The van der Waals surface area contributed by atoms with Crippen LogP contribution in [0.2, 0.25) is 0 Å². The minimum atomic E-state index is -1.25. The minimum absolute atomic E-state index is 0.124. The van der Waals surface area contributed by atoms with Gasteiger partial charge in [-0.1, -0.05) is 133 Å². The van der Waals surface area contributed by atoms with Crippen molar-refractivity contribution in [2.75, 3.05) is 6.61 Å². The average molecular weight is 831 g/mol. The Bertz CT molecular complexity index is 2070. The Hall–Kier alpha value is -5.11. The first-order chi connectivity index (χ1) is 29.4. The summed E-state index contributed by atoms with van der Waals surface area (Å²) in [6.45, 7) is 8.23. The first-order valence-electron chi connectivity index (χ1n) is 20.1. The van der Waals surface area contributed by atoms with Crippen molar-refractivity contribution in [3.05, 3.63) is 187 Å². The maximum atomic E-state index is 14.0. The molecule has 0 aromatic heterocycles. The van der Waals surface area contributed by atoms with Gasteiger partial charge in [-0.2, -0.15) is 0 Å². The Morgan fingerprint density at radius 2 is 1.00 bits per heavy atom. The summed E-state index contributed by atoms with van der Waals surface area (Å²) in [6.07, 6.45) is -6.43. The van der Waals surface area contributed by atoms with Gasteiger partial charge in [0.15, 0.2) is 18.5 Å². The number of hydrogen-bond acceptors (Lipinski definition) is 11. The number of carbonyl (C=O) groups excluding carboxylic acids is 2. The molecule has 10 nitrogen and oxygen atoms in total. The van der Waals surface area contributed by atoms with Gasteiger partial charge >= 0.3 is 11.9 Å². The van der Waals surface area contributed by atoms with Gasteiger partial charge in [-0.25, -0.2) is 9.59 Å². The van der Waals surface area contributed by atoms with Gasteiger partial charge in [-0.05, 0) is 61.4 Å². The van der Waals surface area contributed by atoms with Crippen molar-refractivity contribution in [2.24, 2.45) is 0 Å². The van der Waals surface area contributed by atoms with Crippen molar-refractivity contribution >= 4 is 23.7 Å². The van der Waals surface area contributed by atoms with Gasteiger partial charge in [-0.3, -0.25) is 0 Å². The maximum absolute atomic E-state index is 14.0. The number of esters is 2. The highest BCUT2D eigenvalue weighted by Gasteiger charge is 2.54. The second-order valence-corrected chi connectivity index (χ2v) is 15.7. The second kappa shape index (κ2) is 21.4. The normalized spacial score (nSPS) is 26.4. The molecule has 5 aromatic carbocycles. The van der Waals surface area contributed by atoms with Gasteiger partial charge in [0.1, 0.15) is 29.9 Å². The topological polar surface area (TPSA) is 108 Å². The zero-order chi connectivity index (χ0) is 41.7. The van der Waals surface area contributed by atoms with Gasteiger partial charge in [0.05, 0.1) is 43.2 Å². The maximum Gasteiger partial charge on any atom is 0.338 e. The third kappa shape index (κ3) is 11.2. The van der Waals surface area contributed by atoms with E-state index in [9.17, 15) is 9.59 Å². The number of thioether (sulfide) groups is 1. The predicted molar refractivity (Wildman–Crippen MR) is 227 cm³/mol. The molecule has 2 aliphatic heterocycles. The van der Waals surface area contributed by atoms with E-state index < -0.39 is 72.5 Å². The molecule has 0 bridgehead atoms. The molecule has 2 heterocycles. The highest BCUT2D eigenvalue weighted by molar-refractivity contribution is 7.99. The fourth-order valence-electron chi connectivity index (χ4n) is 7.24. The molecule has 0 saturated carbocycles. The molecule has 0 N–H and O–H groups in total. The van der Waals surface area contributed by atoms with Crippen molar-refractivity contribution < 1.29 is 47.5 Å². The molecule has 0 radical (unpaired) electrons. The van der Waals surface area contributed by atoms with E-state index >= 15 is 0 Å². The molecular formula is C49H50O10S. The highest BCUT2D eigenvalue weighted by Crippen LogP contribution is 2.40. The summed E-state index contributed by atoms with van der Waals surface area (Å²) in [6, 6.07) is 46.7. The number of rotatable bonds is 17. The summed E-state index contributed by atoms with van der Waals surface area (Å²) in [7, 11) is 0. The van der Waals surface area contributed by atoms with E-state index in [2.05, 4.69) is 6.58 Å². The molecule has 0 spiro atoms. The summed E-state index contributed by atoms with van der Waals surface area (Å²) in [5, 5.41) is 0. The summed E-state index contributed by atoms with van der Waals surface area (Å²) in [4.78, 5) is 28.9. The lowest BCUT2D eigenvalue weighted by atomic mass is 9.97. The van der Waals surface area contributed by atoms with Crippen LogP contribution in [0.1, 0.15) is 45.7 Å². The molecule has 11 heteroatoms. The number of carbonyl (C=O) groups is 2. The summed E-state index contributed by atoms with van der Waals surface area (Å²) >= 11 is 1.40. The lowest BCUT2D eigenvalue weighted by Gasteiger charge is -2.49. The van der Waals surface area contributed by atoms with E-state index in [1.807, 2.05) is 117 Å². The Labute approximate surface area is 355 Å². The van der Waals surface area contributed by atoms with Gasteiger partial charge in [0.25, 0.3) is 0 Å². The first-order valence-corrected chi connectivity index (χ1v) is 21.0. The fourth-order valence-corrected chi connectivity index (χ4v) is 8.40. The van der Waals surface area contributed by atoms with E-state index in [1.54, 1.807) is 54.6 Å². The Morgan fingerprint density at radius 3 is 1.52 bits per heavy atom. The first kappa shape index (κ1) is 43.0. The lowest BCUT2D eigenvalue weighted by molar-refractivity contribution is -0.340. The van der Waals surface area contributed by atoms with Crippen molar-refractivity contribution in [1.82, 2.24) is 0 Å². The number of ether oxygens (including phenoxy) is 8.